The largest absolute Gasteiger partial charge is 0.336 e. The molecule has 0 atom stereocenters. The molecule has 27 heavy (non-hydrogen) atoms. The first-order valence-corrected chi connectivity index (χ1v) is 8.59. The van der Waals surface area contributed by atoms with Gasteiger partial charge in [-0.2, -0.15) is 5.10 Å². The highest BCUT2D eigenvalue weighted by molar-refractivity contribution is 6.31. The summed E-state index contributed by atoms with van der Waals surface area (Å²) in [6.45, 7) is 0.345. The van der Waals surface area contributed by atoms with Crippen molar-refractivity contribution in [1.29, 1.82) is 0 Å². The Morgan fingerprint density at radius 1 is 1.22 bits per heavy atom. The number of pyridine rings is 1. The van der Waals surface area contributed by atoms with E-state index in [1.807, 2.05) is 0 Å². The molecule has 1 amide bonds. The maximum atomic E-state index is 13.2. The van der Waals surface area contributed by atoms with Gasteiger partial charge in [-0.25, -0.2) is 4.98 Å². The number of amides is 1. The van der Waals surface area contributed by atoms with E-state index < -0.39 is 0 Å². The number of carbonyl (C=O) groups is 1. The van der Waals surface area contributed by atoms with Crippen LogP contribution in [0.1, 0.15) is 16.1 Å². The zero-order chi connectivity index (χ0) is 18.8. The van der Waals surface area contributed by atoms with Crippen molar-refractivity contribution >= 4 is 28.4 Å². The van der Waals surface area contributed by atoms with Gasteiger partial charge in [0.25, 0.3) is 5.91 Å². The number of benzene rings is 1. The quantitative estimate of drug-likeness (QED) is 0.588. The number of nitrogens with one attached hydrogen (secondary N) is 1. The van der Waals surface area contributed by atoms with Crippen LogP contribution < -0.4 is 0 Å². The van der Waals surface area contributed by atoms with Gasteiger partial charge in [0.1, 0.15) is 0 Å². The smallest absolute Gasteiger partial charge is 0.254 e. The minimum atomic E-state index is -0.153. The van der Waals surface area contributed by atoms with Gasteiger partial charge in [0.05, 0.1) is 41.4 Å². The highest BCUT2D eigenvalue weighted by Gasteiger charge is 2.19. The molecule has 3 heterocycles. The number of aromatic amines is 1. The van der Waals surface area contributed by atoms with Gasteiger partial charge >= 0.3 is 0 Å². The third kappa shape index (κ3) is 3.50. The van der Waals surface area contributed by atoms with Gasteiger partial charge < -0.3 is 4.90 Å². The molecule has 0 fully saturated rings. The molecule has 0 unspecified atom stereocenters. The highest BCUT2D eigenvalue weighted by Crippen LogP contribution is 2.27. The van der Waals surface area contributed by atoms with Crippen LogP contribution in [0.4, 0.5) is 0 Å². The van der Waals surface area contributed by atoms with Gasteiger partial charge in [-0.1, -0.05) is 11.6 Å². The van der Waals surface area contributed by atoms with Crippen molar-refractivity contribution in [2.75, 3.05) is 7.05 Å². The fraction of sp³-hybridized carbons (Fsp3) is 0.105. The first kappa shape index (κ1) is 17.1. The summed E-state index contributed by atoms with van der Waals surface area (Å²) in [5, 5.41) is 7.98. The van der Waals surface area contributed by atoms with Gasteiger partial charge in [0.15, 0.2) is 0 Å². The van der Waals surface area contributed by atoms with E-state index in [4.69, 9.17) is 11.6 Å². The summed E-state index contributed by atoms with van der Waals surface area (Å²) in [6, 6.07) is 7.08. The summed E-state index contributed by atoms with van der Waals surface area (Å²) in [7, 11) is 1.73. The Kier molecular flexibility index (Phi) is 4.52. The van der Waals surface area contributed by atoms with Crippen LogP contribution in [-0.4, -0.2) is 43.0 Å². The summed E-state index contributed by atoms with van der Waals surface area (Å²) in [4.78, 5) is 27.7. The molecule has 4 rings (SSSR count). The maximum absolute atomic E-state index is 13.2. The minimum absolute atomic E-state index is 0.153. The minimum Gasteiger partial charge on any atom is -0.336 e. The lowest BCUT2D eigenvalue weighted by molar-refractivity contribution is 0.0785. The highest BCUT2D eigenvalue weighted by atomic mass is 35.5. The van der Waals surface area contributed by atoms with E-state index in [1.165, 1.54) is 0 Å². The lowest BCUT2D eigenvalue weighted by atomic mass is 10.0. The van der Waals surface area contributed by atoms with Crippen LogP contribution in [0, 0.1) is 0 Å². The Morgan fingerprint density at radius 2 is 2.11 bits per heavy atom. The Balaban J connectivity index is 1.78. The van der Waals surface area contributed by atoms with Crippen molar-refractivity contribution in [1.82, 2.24) is 30.0 Å². The molecule has 0 aliphatic rings. The van der Waals surface area contributed by atoms with E-state index in [0.29, 0.717) is 39.4 Å². The second-order valence-corrected chi connectivity index (χ2v) is 6.50. The summed E-state index contributed by atoms with van der Waals surface area (Å²) >= 11 is 6.16. The Bertz CT molecular complexity index is 1100. The SMILES string of the molecule is CN(Cc1cnccn1)C(=O)c1cc(-c2cn[nH]c2)nc2ccc(Cl)cc12. The Labute approximate surface area is 160 Å². The summed E-state index contributed by atoms with van der Waals surface area (Å²) in [6.07, 6.45) is 8.25. The topological polar surface area (TPSA) is 87.7 Å². The van der Waals surface area contributed by atoms with E-state index in [-0.39, 0.29) is 5.91 Å². The van der Waals surface area contributed by atoms with Crippen molar-refractivity contribution in [3.05, 3.63) is 71.5 Å². The molecule has 0 saturated carbocycles. The second-order valence-electron chi connectivity index (χ2n) is 6.06. The average molecular weight is 379 g/mol. The van der Waals surface area contributed by atoms with Crippen LogP contribution >= 0.6 is 11.6 Å². The van der Waals surface area contributed by atoms with Crippen LogP contribution in [0.2, 0.25) is 5.02 Å². The molecular weight excluding hydrogens is 364 g/mol. The normalized spacial score (nSPS) is 10.9. The lowest BCUT2D eigenvalue weighted by Gasteiger charge is -2.18. The number of rotatable bonds is 4. The molecule has 1 aromatic carbocycles. The molecule has 1 N–H and O–H groups in total. The van der Waals surface area contributed by atoms with Gasteiger partial charge in [0, 0.05) is 41.6 Å². The van der Waals surface area contributed by atoms with E-state index in [9.17, 15) is 4.79 Å². The van der Waals surface area contributed by atoms with Crippen molar-refractivity contribution in [3.8, 4) is 11.3 Å². The number of hydrogen-bond donors (Lipinski definition) is 1. The van der Waals surface area contributed by atoms with Crippen LogP contribution in [0.25, 0.3) is 22.2 Å². The molecule has 0 saturated heterocycles. The zero-order valence-electron chi connectivity index (χ0n) is 14.4. The van der Waals surface area contributed by atoms with Crippen molar-refractivity contribution in [2.24, 2.45) is 0 Å². The van der Waals surface area contributed by atoms with Crippen LogP contribution in [0.15, 0.2) is 55.2 Å². The van der Waals surface area contributed by atoms with E-state index in [2.05, 4.69) is 25.1 Å². The molecule has 0 radical (unpaired) electrons. The van der Waals surface area contributed by atoms with Gasteiger partial charge in [0.2, 0.25) is 0 Å². The fourth-order valence-corrected chi connectivity index (χ4v) is 3.02. The number of halogens is 1. The monoisotopic (exact) mass is 378 g/mol. The molecule has 0 aliphatic heterocycles. The van der Waals surface area contributed by atoms with Crippen LogP contribution in [0.3, 0.4) is 0 Å². The maximum Gasteiger partial charge on any atom is 0.254 e. The Morgan fingerprint density at radius 3 is 2.85 bits per heavy atom. The fourth-order valence-electron chi connectivity index (χ4n) is 2.85. The number of nitrogens with zero attached hydrogens (tertiary/aromatic N) is 5. The first-order valence-electron chi connectivity index (χ1n) is 8.21. The average Bonchev–Trinajstić information content (AvgIpc) is 3.22. The third-order valence-corrected chi connectivity index (χ3v) is 4.39. The number of carbonyl (C=O) groups excluding carboxylic acids is 1. The molecule has 0 spiro atoms. The number of fused-ring (bicyclic) bond motifs is 1. The molecule has 0 aliphatic carbocycles. The summed E-state index contributed by atoms with van der Waals surface area (Å²) in [5.41, 5.74) is 3.38. The van der Waals surface area contributed by atoms with E-state index in [1.54, 1.807) is 67.2 Å². The molecule has 4 aromatic rings. The van der Waals surface area contributed by atoms with Gasteiger partial charge in [-0.3, -0.25) is 19.9 Å². The van der Waals surface area contributed by atoms with Gasteiger partial charge in [-0.05, 0) is 24.3 Å². The number of aromatic nitrogens is 5. The predicted octanol–water partition coefficient (Wildman–Crippen LogP) is 3.34. The molecule has 134 valence electrons. The predicted molar refractivity (Wildman–Crippen MR) is 102 cm³/mol. The third-order valence-electron chi connectivity index (χ3n) is 4.16. The zero-order valence-corrected chi connectivity index (χ0v) is 15.2. The Hall–Kier alpha value is -3.32. The summed E-state index contributed by atoms with van der Waals surface area (Å²) < 4.78 is 0. The number of hydrogen-bond acceptors (Lipinski definition) is 5. The van der Waals surface area contributed by atoms with Crippen LogP contribution in [-0.2, 0) is 6.54 Å². The van der Waals surface area contributed by atoms with Crippen molar-refractivity contribution in [3.63, 3.8) is 0 Å². The summed E-state index contributed by atoms with van der Waals surface area (Å²) in [5.74, 6) is -0.153. The second kappa shape index (κ2) is 7.13. The van der Waals surface area contributed by atoms with Crippen molar-refractivity contribution in [2.45, 2.75) is 6.54 Å². The van der Waals surface area contributed by atoms with Crippen molar-refractivity contribution < 1.29 is 4.79 Å². The molecule has 8 heteroatoms. The molecule has 0 bridgehead atoms. The lowest BCUT2D eigenvalue weighted by Crippen LogP contribution is -2.27. The van der Waals surface area contributed by atoms with E-state index in [0.717, 1.165) is 5.56 Å². The van der Waals surface area contributed by atoms with Gasteiger partial charge in [-0.15, -0.1) is 0 Å². The molecular formula is C19H15ClN6O. The number of H-pyrrole nitrogens is 1. The molecule has 3 aromatic heterocycles. The standard InChI is InChI=1S/C19H15ClN6O/c1-26(11-14-10-21-4-5-22-14)19(27)16-7-18(12-8-23-24-9-12)25-17-3-2-13(20)6-15(16)17/h2-10H,11H2,1H3,(H,23,24). The molecule has 7 nitrogen and oxygen atoms in total. The first-order chi connectivity index (χ1) is 13.1. The van der Waals surface area contributed by atoms with E-state index >= 15 is 0 Å². The van der Waals surface area contributed by atoms with Crippen LogP contribution in [0.5, 0.6) is 0 Å².